The van der Waals surface area contributed by atoms with E-state index in [1.54, 1.807) is 36.8 Å². The highest BCUT2D eigenvalue weighted by molar-refractivity contribution is 8.00. The lowest BCUT2D eigenvalue weighted by molar-refractivity contribution is -0.115. The number of furan rings is 1. The predicted octanol–water partition coefficient (Wildman–Crippen LogP) is 4.17. The summed E-state index contributed by atoms with van der Waals surface area (Å²) in [6.45, 7) is 1.78. The summed E-state index contributed by atoms with van der Waals surface area (Å²) in [6.07, 6.45) is 1.56. The monoisotopic (exact) mass is 424 g/mol. The van der Waals surface area contributed by atoms with Gasteiger partial charge in [0.25, 0.3) is 5.91 Å². The molecule has 0 saturated carbocycles. The second kappa shape index (κ2) is 8.06. The van der Waals surface area contributed by atoms with Crippen molar-refractivity contribution in [2.75, 3.05) is 5.32 Å². The highest BCUT2D eigenvalue weighted by Crippen LogP contribution is 2.32. The number of para-hydroxylation sites is 1. The van der Waals surface area contributed by atoms with Crippen LogP contribution in [0.3, 0.4) is 0 Å². The third-order valence-electron chi connectivity index (χ3n) is 4.13. The first-order chi connectivity index (χ1) is 14.0. The Kier molecular flexibility index (Phi) is 5.32. The lowest BCUT2D eigenvalue weighted by Gasteiger charge is -2.13. The van der Waals surface area contributed by atoms with Crippen LogP contribution < -0.4 is 11.1 Å². The number of thioether (sulfide) groups is 1. The topological polar surface area (TPSA) is 111 Å². The SMILES string of the molecule is C[C@@H](Sc1nc(-c2ccco2)nc2ccccc12)C(=O)Nc1sccc1C(N)=O. The highest BCUT2D eigenvalue weighted by atomic mass is 32.2. The van der Waals surface area contributed by atoms with Gasteiger partial charge in [0.1, 0.15) is 10.0 Å². The van der Waals surface area contributed by atoms with Crippen molar-refractivity contribution in [1.82, 2.24) is 9.97 Å². The van der Waals surface area contributed by atoms with E-state index in [-0.39, 0.29) is 5.91 Å². The van der Waals surface area contributed by atoms with Gasteiger partial charge in [-0.05, 0) is 36.6 Å². The zero-order chi connectivity index (χ0) is 20.4. The molecular weight excluding hydrogens is 408 g/mol. The molecule has 0 saturated heterocycles. The minimum atomic E-state index is -0.577. The molecule has 0 aliphatic rings. The van der Waals surface area contributed by atoms with Crippen LogP contribution in [-0.2, 0) is 4.79 Å². The molecule has 0 spiro atoms. The number of primary amides is 1. The molecule has 3 aromatic heterocycles. The molecule has 9 heteroatoms. The van der Waals surface area contributed by atoms with E-state index in [0.29, 0.717) is 27.2 Å². The van der Waals surface area contributed by atoms with Gasteiger partial charge in [-0.1, -0.05) is 30.0 Å². The molecule has 0 fully saturated rings. The van der Waals surface area contributed by atoms with Gasteiger partial charge in [-0.25, -0.2) is 9.97 Å². The Balaban J connectivity index is 1.62. The van der Waals surface area contributed by atoms with Crippen molar-refractivity contribution in [2.45, 2.75) is 17.2 Å². The highest BCUT2D eigenvalue weighted by Gasteiger charge is 2.21. The third-order valence-corrected chi connectivity index (χ3v) is 6.07. The Bertz CT molecular complexity index is 1190. The van der Waals surface area contributed by atoms with E-state index >= 15 is 0 Å². The number of anilines is 1. The van der Waals surface area contributed by atoms with Gasteiger partial charge in [0.2, 0.25) is 5.91 Å². The maximum absolute atomic E-state index is 12.7. The fraction of sp³-hybridized carbons (Fsp3) is 0.100. The molecule has 7 nitrogen and oxygen atoms in total. The number of benzene rings is 1. The average Bonchev–Trinajstić information content (AvgIpc) is 3.40. The first kappa shape index (κ1) is 19.2. The number of nitrogens with zero attached hydrogens (tertiary/aromatic N) is 2. The van der Waals surface area contributed by atoms with Crippen LogP contribution in [0.15, 0.2) is 63.6 Å². The van der Waals surface area contributed by atoms with E-state index in [1.807, 2.05) is 24.3 Å². The number of rotatable bonds is 6. The summed E-state index contributed by atoms with van der Waals surface area (Å²) in [5.74, 6) is 0.186. The maximum atomic E-state index is 12.7. The fourth-order valence-corrected chi connectivity index (χ4v) is 4.42. The minimum Gasteiger partial charge on any atom is -0.461 e. The van der Waals surface area contributed by atoms with Gasteiger partial charge in [-0.2, -0.15) is 0 Å². The second-order valence-corrected chi connectivity index (χ2v) is 8.37. The van der Waals surface area contributed by atoms with Crippen molar-refractivity contribution in [3.8, 4) is 11.6 Å². The number of nitrogens with one attached hydrogen (secondary N) is 1. The maximum Gasteiger partial charge on any atom is 0.251 e. The normalized spacial score (nSPS) is 12.0. The molecular formula is C20H16N4O3S2. The van der Waals surface area contributed by atoms with E-state index in [9.17, 15) is 9.59 Å². The van der Waals surface area contributed by atoms with Crippen LogP contribution in [0.4, 0.5) is 5.00 Å². The van der Waals surface area contributed by atoms with Gasteiger partial charge >= 0.3 is 0 Å². The molecule has 0 unspecified atom stereocenters. The minimum absolute atomic E-state index is 0.248. The number of hydrogen-bond acceptors (Lipinski definition) is 7. The Morgan fingerprint density at radius 2 is 2.00 bits per heavy atom. The largest absolute Gasteiger partial charge is 0.461 e. The average molecular weight is 425 g/mol. The van der Waals surface area contributed by atoms with Gasteiger partial charge in [0.05, 0.1) is 22.6 Å². The van der Waals surface area contributed by atoms with Crippen molar-refractivity contribution in [2.24, 2.45) is 5.73 Å². The number of nitrogens with two attached hydrogens (primary N) is 1. The molecule has 3 heterocycles. The summed E-state index contributed by atoms with van der Waals surface area (Å²) in [4.78, 5) is 33.3. The Morgan fingerprint density at radius 1 is 1.17 bits per heavy atom. The van der Waals surface area contributed by atoms with E-state index < -0.39 is 11.2 Å². The van der Waals surface area contributed by atoms with E-state index in [2.05, 4.69) is 15.3 Å². The first-order valence-corrected chi connectivity index (χ1v) is 10.4. The van der Waals surface area contributed by atoms with Crippen molar-refractivity contribution in [3.63, 3.8) is 0 Å². The van der Waals surface area contributed by atoms with E-state index in [0.717, 1.165) is 10.9 Å². The molecule has 0 aliphatic heterocycles. The van der Waals surface area contributed by atoms with Crippen LogP contribution in [0.2, 0.25) is 0 Å². The van der Waals surface area contributed by atoms with Gasteiger partial charge < -0.3 is 15.5 Å². The van der Waals surface area contributed by atoms with Crippen molar-refractivity contribution in [3.05, 3.63) is 59.7 Å². The van der Waals surface area contributed by atoms with Gasteiger partial charge in [0.15, 0.2) is 11.6 Å². The van der Waals surface area contributed by atoms with Gasteiger partial charge in [0, 0.05) is 5.39 Å². The third kappa shape index (κ3) is 4.01. The molecule has 0 aliphatic carbocycles. The first-order valence-electron chi connectivity index (χ1n) is 8.68. The summed E-state index contributed by atoms with van der Waals surface area (Å²) < 4.78 is 5.43. The van der Waals surface area contributed by atoms with Crippen molar-refractivity contribution < 1.29 is 14.0 Å². The predicted molar refractivity (Wildman–Crippen MR) is 114 cm³/mol. The van der Waals surface area contributed by atoms with Crippen LogP contribution in [0, 0.1) is 0 Å². The number of carbonyl (C=O) groups is 2. The molecule has 2 amide bonds. The quantitative estimate of drug-likeness (QED) is 0.355. The van der Waals surface area contributed by atoms with Gasteiger partial charge in [-0.15, -0.1) is 11.3 Å². The summed E-state index contributed by atoms with van der Waals surface area (Å²) in [6, 6.07) is 12.8. The van der Waals surface area contributed by atoms with Crippen LogP contribution in [0.5, 0.6) is 0 Å². The van der Waals surface area contributed by atoms with Gasteiger partial charge in [-0.3, -0.25) is 9.59 Å². The van der Waals surface area contributed by atoms with Crippen molar-refractivity contribution in [1.29, 1.82) is 0 Å². The Labute approximate surface area is 174 Å². The van der Waals surface area contributed by atoms with E-state index in [1.165, 1.54) is 23.1 Å². The zero-order valence-corrected chi connectivity index (χ0v) is 16.9. The molecule has 0 radical (unpaired) electrons. The lowest BCUT2D eigenvalue weighted by Crippen LogP contribution is -2.23. The Hall–Kier alpha value is -3.17. The van der Waals surface area contributed by atoms with Crippen LogP contribution in [0.1, 0.15) is 17.3 Å². The summed E-state index contributed by atoms with van der Waals surface area (Å²) in [7, 11) is 0. The van der Waals surface area contributed by atoms with Crippen molar-refractivity contribution >= 4 is 50.8 Å². The van der Waals surface area contributed by atoms with Crippen LogP contribution in [0.25, 0.3) is 22.5 Å². The molecule has 29 heavy (non-hydrogen) atoms. The molecule has 1 atom stereocenters. The fourth-order valence-electron chi connectivity index (χ4n) is 2.69. The number of fused-ring (bicyclic) bond motifs is 1. The number of thiophene rings is 1. The number of amides is 2. The lowest BCUT2D eigenvalue weighted by atomic mass is 10.2. The number of carbonyl (C=O) groups excluding carboxylic acids is 2. The molecule has 3 N–H and O–H groups in total. The summed E-state index contributed by atoms with van der Waals surface area (Å²) in [5, 5.41) is 5.98. The Morgan fingerprint density at radius 3 is 2.76 bits per heavy atom. The molecule has 0 bridgehead atoms. The molecule has 146 valence electrons. The second-order valence-electron chi connectivity index (χ2n) is 6.12. The zero-order valence-electron chi connectivity index (χ0n) is 15.3. The summed E-state index contributed by atoms with van der Waals surface area (Å²) >= 11 is 2.57. The number of aromatic nitrogens is 2. The van der Waals surface area contributed by atoms with E-state index in [4.69, 9.17) is 10.2 Å². The standard InChI is InChI=1S/C20H16N4O3S2/c1-11(18(26)24-19-13(16(21)25)8-10-28-19)29-20-12-5-2-3-6-14(12)22-17(23-20)15-7-4-9-27-15/h2-11H,1H3,(H2,21,25)(H,24,26)/t11-/m1/s1. The summed E-state index contributed by atoms with van der Waals surface area (Å²) in [5.41, 5.74) is 6.41. The molecule has 1 aromatic carbocycles. The van der Waals surface area contributed by atoms with Crippen LogP contribution in [-0.4, -0.2) is 27.0 Å². The van der Waals surface area contributed by atoms with Crippen LogP contribution >= 0.6 is 23.1 Å². The molecule has 4 aromatic rings. The smallest absolute Gasteiger partial charge is 0.251 e. The molecule has 4 rings (SSSR count). The number of hydrogen-bond donors (Lipinski definition) is 2.